The number of amides is 1. The van der Waals surface area contributed by atoms with E-state index in [0.717, 1.165) is 30.8 Å². The molecule has 0 bridgehead atoms. The Morgan fingerprint density at radius 3 is 2.50 bits per heavy atom. The van der Waals surface area contributed by atoms with Crippen LogP contribution in [0.25, 0.3) is 0 Å². The molecule has 1 fully saturated rings. The molecule has 0 radical (unpaired) electrons. The van der Waals surface area contributed by atoms with E-state index in [9.17, 15) is 4.79 Å². The molecule has 0 aliphatic carbocycles. The number of nitrogens with zero attached hydrogens (tertiary/aromatic N) is 2. The van der Waals surface area contributed by atoms with Crippen molar-refractivity contribution < 1.29 is 4.79 Å². The Labute approximate surface area is 143 Å². The van der Waals surface area contributed by atoms with Crippen molar-refractivity contribution in [2.45, 2.75) is 32.2 Å². The number of likely N-dealkylation sites (tertiary alicyclic amines) is 1. The Bertz CT molecular complexity index is 781. The Morgan fingerprint density at radius 1 is 1.04 bits per heavy atom. The van der Waals surface area contributed by atoms with E-state index in [2.05, 4.69) is 48.9 Å². The average Bonchev–Trinajstić information content (AvgIpc) is 2.88. The molecule has 0 N–H and O–H groups in total. The molecular weight excluding hydrogens is 296 g/mol. The van der Waals surface area contributed by atoms with Gasteiger partial charge in [-0.1, -0.05) is 35.4 Å². The molecule has 3 nitrogen and oxygen atoms in total. The van der Waals surface area contributed by atoms with E-state index >= 15 is 0 Å². The van der Waals surface area contributed by atoms with Crippen molar-refractivity contribution in [3.63, 3.8) is 0 Å². The lowest BCUT2D eigenvalue weighted by atomic mass is 9.88. The number of anilines is 1. The van der Waals surface area contributed by atoms with E-state index < -0.39 is 0 Å². The summed E-state index contributed by atoms with van der Waals surface area (Å²) in [7, 11) is 2.18. The van der Waals surface area contributed by atoms with Gasteiger partial charge in [-0.25, -0.2) is 0 Å². The second-order valence-corrected chi connectivity index (χ2v) is 7.33. The van der Waals surface area contributed by atoms with Crippen molar-refractivity contribution in [3.05, 3.63) is 64.7 Å². The highest BCUT2D eigenvalue weighted by Gasteiger charge is 2.43. The zero-order chi connectivity index (χ0) is 16.8. The number of carbonyl (C=O) groups excluding carboxylic acids is 1. The highest BCUT2D eigenvalue weighted by Crippen LogP contribution is 2.45. The van der Waals surface area contributed by atoms with Crippen LogP contribution in [0.1, 0.15) is 39.4 Å². The molecule has 124 valence electrons. The molecule has 0 spiro atoms. The van der Waals surface area contributed by atoms with Crippen molar-refractivity contribution in [2.24, 2.45) is 0 Å². The van der Waals surface area contributed by atoms with Crippen LogP contribution >= 0.6 is 0 Å². The minimum absolute atomic E-state index is 0.136. The molecule has 1 amide bonds. The maximum Gasteiger partial charge on any atom is 0.258 e. The zero-order valence-electron chi connectivity index (χ0n) is 14.6. The van der Waals surface area contributed by atoms with Gasteiger partial charge in [0.2, 0.25) is 0 Å². The van der Waals surface area contributed by atoms with Gasteiger partial charge in [-0.3, -0.25) is 4.79 Å². The number of likely N-dealkylation sites (N-methyl/N-ethyl adjacent to an activating group) is 1. The van der Waals surface area contributed by atoms with Crippen LogP contribution in [0.3, 0.4) is 0 Å². The molecule has 3 heteroatoms. The first-order valence-corrected chi connectivity index (χ1v) is 8.74. The maximum absolute atomic E-state index is 13.3. The van der Waals surface area contributed by atoms with Gasteiger partial charge in [0.05, 0.1) is 0 Å². The number of fused-ring (bicyclic) bond motifs is 3. The number of piperidine rings is 1. The first-order valence-electron chi connectivity index (χ1n) is 8.74. The lowest BCUT2D eigenvalue weighted by Gasteiger charge is -2.36. The van der Waals surface area contributed by atoms with Gasteiger partial charge in [-0.05, 0) is 57.6 Å². The Hall–Kier alpha value is -2.13. The van der Waals surface area contributed by atoms with Crippen LogP contribution in [0.5, 0.6) is 0 Å². The molecule has 4 rings (SSSR count). The van der Waals surface area contributed by atoms with E-state index in [1.807, 2.05) is 24.3 Å². The first kappa shape index (κ1) is 15.4. The van der Waals surface area contributed by atoms with Crippen LogP contribution in [-0.2, 0) is 0 Å². The summed E-state index contributed by atoms with van der Waals surface area (Å²) in [5, 5.41) is 0. The molecule has 2 aromatic carbocycles. The van der Waals surface area contributed by atoms with E-state index in [-0.39, 0.29) is 11.9 Å². The highest BCUT2D eigenvalue weighted by molar-refractivity contribution is 6.08. The molecule has 1 saturated heterocycles. The predicted molar refractivity (Wildman–Crippen MR) is 97.8 cm³/mol. The Balaban J connectivity index is 1.77. The standard InChI is InChI=1S/C21H24N2O/c1-14-4-7-16(8-5-14)21(24)23-19-9-6-15(2)12-17(19)18-13-22(3)11-10-20(18)23/h4-9,12,18,20H,10-11,13H2,1-3H3/t18-,20+/m1/s1. The number of hydrogen-bond donors (Lipinski definition) is 0. The minimum atomic E-state index is 0.136. The van der Waals surface area contributed by atoms with Crippen LogP contribution in [0.4, 0.5) is 5.69 Å². The lowest BCUT2D eigenvalue weighted by Crippen LogP contribution is -2.47. The summed E-state index contributed by atoms with van der Waals surface area (Å²) in [4.78, 5) is 17.7. The third kappa shape index (κ3) is 2.44. The molecule has 0 aromatic heterocycles. The fourth-order valence-corrected chi connectivity index (χ4v) is 4.18. The topological polar surface area (TPSA) is 23.6 Å². The van der Waals surface area contributed by atoms with Crippen LogP contribution in [0, 0.1) is 13.8 Å². The van der Waals surface area contributed by atoms with E-state index in [0.29, 0.717) is 5.92 Å². The third-order valence-electron chi connectivity index (χ3n) is 5.47. The maximum atomic E-state index is 13.3. The summed E-state index contributed by atoms with van der Waals surface area (Å²) in [6, 6.07) is 14.8. The minimum Gasteiger partial charge on any atom is -0.306 e. The summed E-state index contributed by atoms with van der Waals surface area (Å²) in [6.45, 7) is 6.26. The highest BCUT2D eigenvalue weighted by atomic mass is 16.2. The number of rotatable bonds is 1. The number of hydrogen-bond acceptors (Lipinski definition) is 2. The molecular formula is C21H24N2O. The third-order valence-corrected chi connectivity index (χ3v) is 5.47. The number of aryl methyl sites for hydroxylation is 2. The van der Waals surface area contributed by atoms with Gasteiger partial charge in [0.1, 0.15) is 0 Å². The monoisotopic (exact) mass is 320 g/mol. The summed E-state index contributed by atoms with van der Waals surface area (Å²) >= 11 is 0. The van der Waals surface area contributed by atoms with E-state index in [1.165, 1.54) is 16.7 Å². The quantitative estimate of drug-likeness (QED) is 0.799. The lowest BCUT2D eigenvalue weighted by molar-refractivity contribution is 0.0964. The largest absolute Gasteiger partial charge is 0.306 e. The van der Waals surface area contributed by atoms with Gasteiger partial charge in [-0.15, -0.1) is 0 Å². The average molecular weight is 320 g/mol. The van der Waals surface area contributed by atoms with Crippen LogP contribution in [0.2, 0.25) is 0 Å². The fourth-order valence-electron chi connectivity index (χ4n) is 4.18. The SMILES string of the molecule is Cc1ccc(C(=O)N2c3ccc(C)cc3[C@H]3CN(C)CC[C@@H]32)cc1. The molecule has 2 aromatic rings. The van der Waals surface area contributed by atoms with Crippen molar-refractivity contribution >= 4 is 11.6 Å². The second kappa shape index (κ2) is 5.75. The number of benzene rings is 2. The van der Waals surface area contributed by atoms with Gasteiger partial charge in [-0.2, -0.15) is 0 Å². The van der Waals surface area contributed by atoms with Crippen LogP contribution in [-0.4, -0.2) is 37.0 Å². The fraction of sp³-hybridized carbons (Fsp3) is 0.381. The van der Waals surface area contributed by atoms with Gasteiger partial charge in [0.25, 0.3) is 5.91 Å². The summed E-state index contributed by atoms with van der Waals surface area (Å²) < 4.78 is 0. The van der Waals surface area contributed by atoms with E-state index in [1.54, 1.807) is 0 Å². The van der Waals surface area contributed by atoms with E-state index in [4.69, 9.17) is 0 Å². The zero-order valence-corrected chi connectivity index (χ0v) is 14.6. The second-order valence-electron chi connectivity index (χ2n) is 7.33. The summed E-state index contributed by atoms with van der Waals surface area (Å²) in [6.07, 6.45) is 1.03. The smallest absolute Gasteiger partial charge is 0.258 e. The molecule has 24 heavy (non-hydrogen) atoms. The Morgan fingerprint density at radius 2 is 1.75 bits per heavy atom. The summed E-state index contributed by atoms with van der Waals surface area (Å²) in [5.41, 5.74) is 5.68. The normalized spacial score (nSPS) is 23.0. The van der Waals surface area contributed by atoms with Gasteiger partial charge >= 0.3 is 0 Å². The molecule has 2 aliphatic heterocycles. The van der Waals surface area contributed by atoms with Gasteiger partial charge in [0, 0.05) is 29.8 Å². The molecule has 0 unspecified atom stereocenters. The molecule has 2 atom stereocenters. The van der Waals surface area contributed by atoms with Gasteiger partial charge in [0.15, 0.2) is 0 Å². The van der Waals surface area contributed by atoms with Crippen molar-refractivity contribution in [3.8, 4) is 0 Å². The molecule has 2 aliphatic rings. The first-order chi connectivity index (χ1) is 11.5. The van der Waals surface area contributed by atoms with Crippen molar-refractivity contribution in [2.75, 3.05) is 25.0 Å². The Kier molecular flexibility index (Phi) is 3.69. The van der Waals surface area contributed by atoms with Crippen LogP contribution < -0.4 is 4.90 Å². The number of carbonyl (C=O) groups is 1. The van der Waals surface area contributed by atoms with Crippen molar-refractivity contribution in [1.29, 1.82) is 0 Å². The predicted octanol–water partition coefficient (Wildman–Crippen LogP) is 3.75. The molecule has 2 heterocycles. The molecule has 0 saturated carbocycles. The van der Waals surface area contributed by atoms with Crippen molar-refractivity contribution in [1.82, 2.24) is 4.90 Å². The summed E-state index contributed by atoms with van der Waals surface area (Å²) in [5.74, 6) is 0.560. The van der Waals surface area contributed by atoms with Crippen LogP contribution in [0.15, 0.2) is 42.5 Å². The van der Waals surface area contributed by atoms with Gasteiger partial charge < -0.3 is 9.80 Å².